The van der Waals surface area contributed by atoms with Crippen LogP contribution in [0.1, 0.15) is 12.1 Å². The van der Waals surface area contributed by atoms with Gasteiger partial charge >= 0.3 is 0 Å². The number of imidazole rings is 1. The lowest BCUT2D eigenvalue weighted by Gasteiger charge is -2.03. The van der Waals surface area contributed by atoms with Gasteiger partial charge in [0.15, 0.2) is 5.65 Å². The molecule has 102 valence electrons. The molecule has 0 N–H and O–H groups in total. The highest BCUT2D eigenvalue weighted by Crippen LogP contribution is 2.23. The molecule has 8 heteroatoms. The monoisotopic (exact) mass is 293 g/mol. The molecule has 0 aliphatic heterocycles. The predicted molar refractivity (Wildman–Crippen MR) is 70.8 cm³/mol. The van der Waals surface area contributed by atoms with Gasteiger partial charge in [-0.3, -0.25) is 0 Å². The molecular weight excluding hydrogens is 284 g/mol. The first kappa shape index (κ1) is 12.9. The fourth-order valence-corrected chi connectivity index (χ4v) is 2.15. The summed E-state index contributed by atoms with van der Waals surface area (Å²) in [6.07, 6.45) is 2.26. The Hall–Kier alpha value is -2.09. The third kappa shape index (κ3) is 2.22. The van der Waals surface area contributed by atoms with Crippen molar-refractivity contribution in [3.05, 3.63) is 36.4 Å². The van der Waals surface area contributed by atoms with Crippen LogP contribution in [0.4, 0.5) is 8.78 Å². The van der Waals surface area contributed by atoms with Crippen LogP contribution in [0.15, 0.2) is 35.7 Å². The Kier molecular flexibility index (Phi) is 3.31. The van der Waals surface area contributed by atoms with Gasteiger partial charge in [0.25, 0.3) is 6.43 Å². The molecule has 0 radical (unpaired) electrons. The number of hydrogen-bond donors (Lipinski definition) is 0. The summed E-state index contributed by atoms with van der Waals surface area (Å²) < 4.78 is 26.8. The quantitative estimate of drug-likeness (QED) is 0.549. The van der Waals surface area contributed by atoms with Crippen LogP contribution in [0.25, 0.3) is 17.0 Å². The van der Waals surface area contributed by atoms with Gasteiger partial charge in [0.2, 0.25) is 0 Å². The van der Waals surface area contributed by atoms with Crippen LogP contribution in [0.3, 0.4) is 0 Å². The SMILES string of the molecule is CSc1cc(-c2cnc3ccc(C(F)F)nn23)ncn1. The Balaban J connectivity index is 2.17. The average Bonchev–Trinajstić information content (AvgIpc) is 2.90. The Morgan fingerprint density at radius 1 is 1.20 bits per heavy atom. The zero-order valence-corrected chi connectivity index (χ0v) is 11.2. The molecule has 0 saturated carbocycles. The van der Waals surface area contributed by atoms with Crippen LogP contribution >= 0.6 is 11.8 Å². The van der Waals surface area contributed by atoms with E-state index >= 15 is 0 Å². The summed E-state index contributed by atoms with van der Waals surface area (Å²) in [5.41, 5.74) is 1.35. The lowest BCUT2D eigenvalue weighted by molar-refractivity contribution is 0.144. The van der Waals surface area contributed by atoms with Crippen molar-refractivity contribution < 1.29 is 8.78 Å². The van der Waals surface area contributed by atoms with Crippen molar-refractivity contribution in [3.63, 3.8) is 0 Å². The van der Waals surface area contributed by atoms with Gasteiger partial charge in [-0.25, -0.2) is 28.2 Å². The largest absolute Gasteiger partial charge is 0.282 e. The molecule has 3 rings (SSSR count). The van der Waals surface area contributed by atoms with E-state index < -0.39 is 6.43 Å². The number of thioether (sulfide) groups is 1. The van der Waals surface area contributed by atoms with Crippen LogP contribution in [0.2, 0.25) is 0 Å². The van der Waals surface area contributed by atoms with Gasteiger partial charge < -0.3 is 0 Å². The second-order valence-electron chi connectivity index (χ2n) is 3.92. The van der Waals surface area contributed by atoms with Crippen LogP contribution in [-0.2, 0) is 0 Å². The van der Waals surface area contributed by atoms with E-state index in [-0.39, 0.29) is 5.69 Å². The van der Waals surface area contributed by atoms with E-state index in [0.717, 1.165) is 5.03 Å². The third-order valence-electron chi connectivity index (χ3n) is 2.72. The minimum atomic E-state index is -2.62. The maximum absolute atomic E-state index is 12.7. The van der Waals surface area contributed by atoms with Gasteiger partial charge in [-0.1, -0.05) is 0 Å². The summed E-state index contributed by atoms with van der Waals surface area (Å²) >= 11 is 1.47. The van der Waals surface area contributed by atoms with Crippen molar-refractivity contribution in [1.29, 1.82) is 0 Å². The first-order valence-corrected chi connectivity index (χ1v) is 6.91. The molecule has 20 heavy (non-hydrogen) atoms. The fourth-order valence-electron chi connectivity index (χ4n) is 1.77. The molecule has 0 amide bonds. The summed E-state index contributed by atoms with van der Waals surface area (Å²) in [6, 6.07) is 4.55. The second-order valence-corrected chi connectivity index (χ2v) is 4.74. The molecule has 0 unspecified atom stereocenters. The number of halogens is 2. The number of fused-ring (bicyclic) bond motifs is 1. The molecule has 3 aromatic heterocycles. The number of rotatable bonds is 3. The summed E-state index contributed by atoms with van der Waals surface area (Å²) in [4.78, 5) is 12.4. The molecule has 0 spiro atoms. The smallest absolute Gasteiger partial charge is 0.235 e. The van der Waals surface area contributed by atoms with E-state index in [1.54, 1.807) is 12.3 Å². The standard InChI is InChI=1S/C12H9F2N5S/c1-20-11-4-8(16-6-17-11)9-5-15-10-3-2-7(12(13)14)18-19(9)10/h2-6,12H,1H3. The van der Waals surface area contributed by atoms with E-state index in [1.807, 2.05) is 6.26 Å². The van der Waals surface area contributed by atoms with Crippen molar-refractivity contribution in [2.75, 3.05) is 6.26 Å². The number of aromatic nitrogens is 5. The van der Waals surface area contributed by atoms with E-state index in [1.165, 1.54) is 34.7 Å². The first-order chi connectivity index (χ1) is 9.69. The minimum absolute atomic E-state index is 0.295. The average molecular weight is 293 g/mol. The lowest BCUT2D eigenvalue weighted by Crippen LogP contribution is -2.00. The molecule has 3 heterocycles. The molecular formula is C12H9F2N5S. The van der Waals surface area contributed by atoms with Gasteiger partial charge in [0.05, 0.1) is 16.9 Å². The Morgan fingerprint density at radius 2 is 2.05 bits per heavy atom. The maximum atomic E-state index is 12.7. The summed E-state index contributed by atoms with van der Waals surface area (Å²) in [6.45, 7) is 0. The first-order valence-electron chi connectivity index (χ1n) is 5.68. The highest BCUT2D eigenvalue weighted by atomic mass is 32.2. The summed E-state index contributed by atoms with van der Waals surface area (Å²) in [7, 11) is 0. The molecule has 0 aromatic carbocycles. The van der Waals surface area contributed by atoms with E-state index in [9.17, 15) is 8.78 Å². The van der Waals surface area contributed by atoms with Gasteiger partial charge in [-0.2, -0.15) is 5.10 Å². The highest BCUT2D eigenvalue weighted by Gasteiger charge is 2.14. The van der Waals surface area contributed by atoms with Crippen LogP contribution in [0, 0.1) is 0 Å². The molecule has 0 atom stereocenters. The van der Waals surface area contributed by atoms with Crippen LogP contribution in [0.5, 0.6) is 0 Å². The van der Waals surface area contributed by atoms with Crippen molar-refractivity contribution in [1.82, 2.24) is 24.6 Å². The van der Waals surface area contributed by atoms with Crippen molar-refractivity contribution in [2.24, 2.45) is 0 Å². The van der Waals surface area contributed by atoms with Crippen molar-refractivity contribution in [2.45, 2.75) is 11.5 Å². The zero-order valence-electron chi connectivity index (χ0n) is 10.4. The van der Waals surface area contributed by atoms with Gasteiger partial charge in [0.1, 0.15) is 17.7 Å². The molecule has 0 saturated heterocycles. The van der Waals surface area contributed by atoms with Gasteiger partial charge in [-0.05, 0) is 24.5 Å². The maximum Gasteiger partial charge on any atom is 0.282 e. The van der Waals surface area contributed by atoms with E-state index in [0.29, 0.717) is 17.0 Å². The molecule has 3 aromatic rings. The fraction of sp³-hybridized carbons (Fsp3) is 0.167. The Labute approximate surface area is 117 Å². The topological polar surface area (TPSA) is 56.0 Å². The zero-order chi connectivity index (χ0) is 14.1. The molecule has 0 bridgehead atoms. The Morgan fingerprint density at radius 3 is 2.80 bits per heavy atom. The number of alkyl halides is 2. The third-order valence-corrected chi connectivity index (χ3v) is 3.36. The molecule has 0 aliphatic carbocycles. The lowest BCUT2D eigenvalue weighted by atomic mass is 10.3. The van der Waals surface area contributed by atoms with Crippen molar-refractivity contribution >= 4 is 17.4 Å². The van der Waals surface area contributed by atoms with Gasteiger partial charge in [0, 0.05) is 0 Å². The van der Waals surface area contributed by atoms with E-state index in [2.05, 4.69) is 20.1 Å². The highest BCUT2D eigenvalue weighted by molar-refractivity contribution is 7.98. The second kappa shape index (κ2) is 5.12. The van der Waals surface area contributed by atoms with Crippen LogP contribution in [-0.4, -0.2) is 30.8 Å². The van der Waals surface area contributed by atoms with E-state index in [4.69, 9.17) is 0 Å². The Bertz CT molecular complexity index is 758. The summed E-state index contributed by atoms with van der Waals surface area (Å²) in [5.74, 6) is 0. The number of nitrogens with zero attached hydrogens (tertiary/aromatic N) is 5. The minimum Gasteiger partial charge on any atom is -0.235 e. The van der Waals surface area contributed by atoms with Crippen molar-refractivity contribution in [3.8, 4) is 11.4 Å². The summed E-state index contributed by atoms with van der Waals surface area (Å²) in [5, 5.41) is 4.69. The number of hydrogen-bond acceptors (Lipinski definition) is 5. The molecule has 0 aliphatic rings. The molecule has 5 nitrogen and oxygen atoms in total. The molecule has 0 fully saturated rings. The normalized spacial score (nSPS) is 11.4. The van der Waals surface area contributed by atoms with Crippen LogP contribution < -0.4 is 0 Å². The predicted octanol–water partition coefficient (Wildman–Crippen LogP) is 2.85. The van der Waals surface area contributed by atoms with Gasteiger partial charge in [-0.15, -0.1) is 11.8 Å².